The van der Waals surface area contributed by atoms with Crippen LogP contribution in [-0.4, -0.2) is 40.3 Å². The monoisotopic (exact) mass is 338 g/mol. The third-order valence-corrected chi connectivity index (χ3v) is 5.35. The number of carbonyl (C=O) groups excluding carboxylic acids is 2. The van der Waals surface area contributed by atoms with E-state index >= 15 is 0 Å². The van der Waals surface area contributed by atoms with Gasteiger partial charge in [-0.2, -0.15) is 0 Å². The maximum absolute atomic E-state index is 13.0. The molecule has 0 spiro atoms. The van der Waals surface area contributed by atoms with Crippen LogP contribution in [0.5, 0.6) is 0 Å². The van der Waals surface area contributed by atoms with Crippen LogP contribution in [-0.2, 0) is 11.3 Å². The summed E-state index contributed by atoms with van der Waals surface area (Å²) in [6.45, 7) is 5.56. The van der Waals surface area contributed by atoms with Crippen molar-refractivity contribution in [3.63, 3.8) is 0 Å². The first-order valence-corrected chi connectivity index (χ1v) is 9.20. The number of nitrogens with two attached hydrogens (primary N) is 1. The molecule has 0 radical (unpaired) electrons. The first kappa shape index (κ1) is 17.9. The van der Waals surface area contributed by atoms with E-state index in [0.717, 1.165) is 24.3 Å². The Labute approximate surface area is 141 Å². The molecule has 23 heavy (non-hydrogen) atoms. The number of likely N-dealkylation sites (N-methyl/N-ethyl adjacent to an activating group) is 1. The minimum atomic E-state index is -0.784. The highest BCUT2D eigenvalue weighted by Gasteiger charge is 2.43. The second-order valence-corrected chi connectivity index (χ2v) is 6.85. The van der Waals surface area contributed by atoms with Crippen molar-refractivity contribution in [1.29, 1.82) is 0 Å². The maximum Gasteiger partial charge on any atom is 0.271 e. The Hall–Kier alpha value is -1.47. The molecule has 7 heteroatoms. The van der Waals surface area contributed by atoms with Crippen LogP contribution in [0.1, 0.15) is 61.4 Å². The van der Waals surface area contributed by atoms with E-state index in [4.69, 9.17) is 5.73 Å². The summed E-state index contributed by atoms with van der Waals surface area (Å²) in [4.78, 5) is 31.6. The molecule has 0 bridgehead atoms. The molecule has 1 aromatic rings. The Morgan fingerprint density at radius 3 is 2.48 bits per heavy atom. The minimum absolute atomic E-state index is 0.0322. The van der Waals surface area contributed by atoms with Gasteiger partial charge in [-0.15, -0.1) is 11.3 Å². The van der Waals surface area contributed by atoms with Gasteiger partial charge in [0, 0.05) is 25.0 Å². The normalized spacial score (nSPS) is 16.8. The Balaban J connectivity index is 2.20. The third-order valence-electron chi connectivity index (χ3n) is 4.48. The first-order chi connectivity index (χ1) is 11.1. The number of amides is 2. The second kappa shape index (κ2) is 7.88. The largest absolute Gasteiger partial charge is 0.341 e. The first-order valence-electron chi connectivity index (χ1n) is 8.32. The summed E-state index contributed by atoms with van der Waals surface area (Å²) in [5.41, 5.74) is 5.12. The maximum atomic E-state index is 13.0. The average Bonchev–Trinajstić information content (AvgIpc) is 3.06. The quantitative estimate of drug-likeness (QED) is 0.829. The van der Waals surface area contributed by atoms with Crippen LogP contribution in [0.25, 0.3) is 0 Å². The van der Waals surface area contributed by atoms with Crippen molar-refractivity contribution in [3.05, 3.63) is 16.1 Å². The summed E-state index contributed by atoms with van der Waals surface area (Å²) in [7, 11) is 0. The van der Waals surface area contributed by atoms with Crippen LogP contribution in [0.15, 0.2) is 5.38 Å². The van der Waals surface area contributed by atoms with Gasteiger partial charge in [-0.05, 0) is 26.7 Å². The van der Waals surface area contributed by atoms with Crippen molar-refractivity contribution >= 4 is 23.2 Å². The molecule has 1 saturated carbocycles. The highest BCUT2D eigenvalue weighted by molar-refractivity contribution is 7.09. The number of hydrogen-bond acceptors (Lipinski definition) is 5. The second-order valence-electron chi connectivity index (χ2n) is 5.90. The summed E-state index contributed by atoms with van der Waals surface area (Å²) in [5, 5.41) is 5.44. The van der Waals surface area contributed by atoms with E-state index in [1.54, 1.807) is 10.3 Å². The lowest BCUT2D eigenvalue weighted by Crippen LogP contribution is -2.60. The highest BCUT2D eigenvalue weighted by atomic mass is 32.1. The lowest BCUT2D eigenvalue weighted by Gasteiger charge is -2.39. The van der Waals surface area contributed by atoms with Crippen molar-refractivity contribution in [2.75, 3.05) is 13.1 Å². The zero-order valence-corrected chi connectivity index (χ0v) is 14.7. The Kier molecular flexibility index (Phi) is 6.12. The number of nitrogens with one attached hydrogen (secondary N) is 1. The van der Waals surface area contributed by atoms with Gasteiger partial charge in [0.05, 0.1) is 0 Å². The van der Waals surface area contributed by atoms with Crippen LogP contribution >= 0.6 is 11.3 Å². The lowest BCUT2D eigenvalue weighted by molar-refractivity contribution is -0.139. The van der Waals surface area contributed by atoms with Crippen LogP contribution < -0.4 is 11.1 Å². The molecule has 128 valence electrons. The number of hydrogen-bond donors (Lipinski definition) is 2. The summed E-state index contributed by atoms with van der Waals surface area (Å²) < 4.78 is 0. The molecule has 0 atom stereocenters. The van der Waals surface area contributed by atoms with Crippen molar-refractivity contribution < 1.29 is 9.59 Å². The molecular weight excluding hydrogens is 312 g/mol. The summed E-state index contributed by atoms with van der Waals surface area (Å²) in [6.07, 6.45) is 4.41. The van der Waals surface area contributed by atoms with Gasteiger partial charge in [0.2, 0.25) is 5.91 Å². The molecule has 1 heterocycles. The van der Waals surface area contributed by atoms with E-state index in [9.17, 15) is 9.59 Å². The summed E-state index contributed by atoms with van der Waals surface area (Å²) in [6, 6.07) is 0. The molecule has 1 aliphatic carbocycles. The number of nitrogens with zero attached hydrogens (tertiary/aromatic N) is 2. The Morgan fingerprint density at radius 1 is 1.30 bits per heavy atom. The Morgan fingerprint density at radius 2 is 1.96 bits per heavy atom. The zero-order chi connectivity index (χ0) is 16.9. The highest BCUT2D eigenvalue weighted by Crippen LogP contribution is 2.30. The van der Waals surface area contributed by atoms with Crippen molar-refractivity contribution in [1.82, 2.24) is 15.2 Å². The molecule has 0 aliphatic heterocycles. The molecule has 2 rings (SSSR count). The van der Waals surface area contributed by atoms with E-state index in [1.807, 2.05) is 13.8 Å². The Bertz CT molecular complexity index is 548. The molecular formula is C16H26N4O2S. The predicted octanol–water partition coefficient (Wildman–Crippen LogP) is 1.90. The van der Waals surface area contributed by atoms with Crippen molar-refractivity contribution in [3.8, 4) is 0 Å². The van der Waals surface area contributed by atoms with Gasteiger partial charge in [0.15, 0.2) is 0 Å². The van der Waals surface area contributed by atoms with E-state index in [2.05, 4.69) is 10.3 Å². The van der Waals surface area contributed by atoms with Crippen LogP contribution in [0, 0.1) is 0 Å². The molecule has 0 unspecified atom stereocenters. The fraction of sp³-hybridized carbons (Fsp3) is 0.688. The van der Waals surface area contributed by atoms with E-state index in [-0.39, 0.29) is 11.8 Å². The van der Waals surface area contributed by atoms with Crippen LogP contribution in [0.4, 0.5) is 0 Å². The van der Waals surface area contributed by atoms with Gasteiger partial charge in [-0.25, -0.2) is 4.98 Å². The van der Waals surface area contributed by atoms with Gasteiger partial charge in [-0.3, -0.25) is 9.59 Å². The zero-order valence-electron chi connectivity index (χ0n) is 13.9. The molecule has 2 amide bonds. The van der Waals surface area contributed by atoms with Gasteiger partial charge in [0.25, 0.3) is 5.91 Å². The lowest BCUT2D eigenvalue weighted by atomic mass is 9.80. The standard InChI is InChI=1S/C16H26N4O2S/c1-3-20(4-2)15(22)16(8-6-5-7-9-16)19-14(21)12-11-23-13(10-17)18-12/h11H,3-10,17H2,1-2H3,(H,19,21). The van der Waals surface area contributed by atoms with E-state index in [1.165, 1.54) is 11.3 Å². The van der Waals surface area contributed by atoms with Gasteiger partial charge in [-0.1, -0.05) is 19.3 Å². The predicted molar refractivity (Wildman–Crippen MR) is 91.2 cm³/mol. The number of aromatic nitrogens is 1. The van der Waals surface area contributed by atoms with Gasteiger partial charge >= 0.3 is 0 Å². The van der Waals surface area contributed by atoms with E-state index < -0.39 is 5.54 Å². The average molecular weight is 338 g/mol. The number of rotatable bonds is 6. The molecule has 1 aromatic heterocycles. The molecule has 0 aromatic carbocycles. The smallest absolute Gasteiger partial charge is 0.271 e. The third kappa shape index (κ3) is 3.90. The van der Waals surface area contributed by atoms with Gasteiger partial charge < -0.3 is 16.0 Å². The fourth-order valence-corrected chi connectivity index (χ4v) is 3.81. The summed E-state index contributed by atoms with van der Waals surface area (Å²) in [5.74, 6) is -0.242. The molecule has 6 nitrogen and oxygen atoms in total. The number of thiazole rings is 1. The SMILES string of the molecule is CCN(CC)C(=O)C1(NC(=O)c2csc(CN)n2)CCCCC1. The topological polar surface area (TPSA) is 88.3 Å². The molecule has 1 fully saturated rings. The summed E-state index contributed by atoms with van der Waals surface area (Å²) >= 11 is 1.37. The van der Waals surface area contributed by atoms with Crippen LogP contribution in [0.2, 0.25) is 0 Å². The fourth-order valence-electron chi connectivity index (χ4n) is 3.15. The molecule has 1 aliphatic rings. The van der Waals surface area contributed by atoms with Gasteiger partial charge in [0.1, 0.15) is 16.2 Å². The van der Waals surface area contributed by atoms with Crippen LogP contribution in [0.3, 0.4) is 0 Å². The van der Waals surface area contributed by atoms with Crippen molar-refractivity contribution in [2.24, 2.45) is 5.73 Å². The number of carbonyl (C=O) groups is 2. The molecule has 3 N–H and O–H groups in total. The molecule has 0 saturated heterocycles. The van der Waals surface area contributed by atoms with E-state index in [0.29, 0.717) is 38.2 Å². The minimum Gasteiger partial charge on any atom is -0.341 e. The van der Waals surface area contributed by atoms with Crippen molar-refractivity contribution in [2.45, 2.75) is 58.0 Å².